The van der Waals surface area contributed by atoms with Crippen molar-refractivity contribution in [3.63, 3.8) is 0 Å². The summed E-state index contributed by atoms with van der Waals surface area (Å²) < 4.78 is 6.08. The number of hydrogen-bond acceptors (Lipinski definition) is 3. The number of hydrogen-bond donors (Lipinski definition) is 1. The molecule has 0 saturated heterocycles. The molecule has 1 heterocycles. The zero-order valence-corrected chi connectivity index (χ0v) is 11.6. The summed E-state index contributed by atoms with van der Waals surface area (Å²) in [5, 5.41) is 10.9. The van der Waals surface area contributed by atoms with E-state index in [4.69, 9.17) is 4.74 Å². The number of aliphatic hydroxyl groups is 1. The van der Waals surface area contributed by atoms with E-state index in [1.165, 1.54) is 0 Å². The van der Waals surface area contributed by atoms with Gasteiger partial charge in [0.2, 0.25) is 0 Å². The van der Waals surface area contributed by atoms with Crippen molar-refractivity contribution >= 4 is 10.9 Å². The fourth-order valence-electron chi connectivity index (χ4n) is 2.53. The minimum absolute atomic E-state index is 0.0513. The molecule has 19 heavy (non-hydrogen) atoms. The Morgan fingerprint density at radius 2 is 2.05 bits per heavy atom. The third kappa shape index (κ3) is 1.98. The SMILES string of the molecule is Cc1ccc2cccc(OC3CC(O)C3(C)C)c2n1. The maximum atomic E-state index is 9.79. The fourth-order valence-corrected chi connectivity index (χ4v) is 2.53. The van der Waals surface area contributed by atoms with Gasteiger partial charge >= 0.3 is 0 Å². The van der Waals surface area contributed by atoms with Gasteiger partial charge in [0, 0.05) is 22.9 Å². The molecule has 100 valence electrons. The van der Waals surface area contributed by atoms with Crippen LogP contribution in [0, 0.1) is 12.3 Å². The van der Waals surface area contributed by atoms with Crippen LogP contribution in [0.2, 0.25) is 0 Å². The van der Waals surface area contributed by atoms with Gasteiger partial charge in [-0.15, -0.1) is 0 Å². The normalized spacial score (nSPS) is 25.1. The molecule has 0 spiro atoms. The average molecular weight is 257 g/mol. The van der Waals surface area contributed by atoms with E-state index >= 15 is 0 Å². The van der Waals surface area contributed by atoms with Crippen molar-refractivity contribution in [2.24, 2.45) is 5.41 Å². The predicted octanol–water partition coefficient (Wildman–Crippen LogP) is 3.08. The Kier molecular flexibility index (Phi) is 2.75. The highest BCUT2D eigenvalue weighted by atomic mass is 16.5. The van der Waals surface area contributed by atoms with Crippen LogP contribution >= 0.6 is 0 Å². The van der Waals surface area contributed by atoms with Crippen LogP contribution in [0.25, 0.3) is 10.9 Å². The molecule has 3 rings (SSSR count). The standard InChI is InChI=1S/C16H19NO2/c1-10-7-8-11-5-4-6-12(15(11)17-10)19-14-9-13(18)16(14,2)3/h4-8,13-14,18H,9H2,1-3H3. The molecule has 1 N–H and O–H groups in total. The molecule has 1 aliphatic carbocycles. The monoisotopic (exact) mass is 257 g/mol. The molecule has 0 amide bonds. The summed E-state index contributed by atoms with van der Waals surface area (Å²) in [6.07, 6.45) is 0.465. The van der Waals surface area contributed by atoms with E-state index in [1.54, 1.807) is 0 Å². The lowest BCUT2D eigenvalue weighted by atomic mass is 9.66. The molecule has 0 aliphatic heterocycles. The molecular formula is C16H19NO2. The van der Waals surface area contributed by atoms with Gasteiger partial charge in [0.1, 0.15) is 17.4 Å². The molecule has 2 aromatic rings. The van der Waals surface area contributed by atoms with Gasteiger partial charge in [-0.1, -0.05) is 32.0 Å². The minimum Gasteiger partial charge on any atom is -0.487 e. The average Bonchev–Trinajstić information content (AvgIpc) is 2.39. The van der Waals surface area contributed by atoms with Crippen molar-refractivity contribution in [1.29, 1.82) is 0 Å². The predicted molar refractivity (Wildman–Crippen MR) is 75.3 cm³/mol. The molecule has 1 aromatic heterocycles. The summed E-state index contributed by atoms with van der Waals surface area (Å²) in [5.41, 5.74) is 1.70. The summed E-state index contributed by atoms with van der Waals surface area (Å²) in [7, 11) is 0. The lowest BCUT2D eigenvalue weighted by molar-refractivity contribution is -0.134. The van der Waals surface area contributed by atoms with Crippen molar-refractivity contribution in [3.8, 4) is 5.75 Å². The number of fused-ring (bicyclic) bond motifs is 1. The van der Waals surface area contributed by atoms with Crippen LogP contribution in [0.5, 0.6) is 5.75 Å². The van der Waals surface area contributed by atoms with Gasteiger partial charge in [-0.25, -0.2) is 4.98 Å². The van der Waals surface area contributed by atoms with Crippen LogP contribution in [0.1, 0.15) is 26.0 Å². The lowest BCUT2D eigenvalue weighted by Gasteiger charge is -2.48. The van der Waals surface area contributed by atoms with Crippen LogP contribution in [0.15, 0.2) is 30.3 Å². The number of rotatable bonds is 2. The summed E-state index contributed by atoms with van der Waals surface area (Å²) in [6.45, 7) is 6.05. The third-order valence-corrected chi connectivity index (χ3v) is 4.22. The maximum Gasteiger partial charge on any atom is 0.145 e. The molecule has 0 radical (unpaired) electrons. The molecule has 1 aromatic carbocycles. The number of nitrogens with zero attached hydrogens (tertiary/aromatic N) is 1. The first-order valence-corrected chi connectivity index (χ1v) is 6.69. The molecule has 0 bridgehead atoms. The van der Waals surface area contributed by atoms with Crippen LogP contribution in [-0.4, -0.2) is 22.3 Å². The molecule has 3 heteroatoms. The summed E-state index contributed by atoms with van der Waals surface area (Å²) in [4.78, 5) is 4.57. The second-order valence-corrected chi connectivity index (χ2v) is 5.96. The van der Waals surface area contributed by atoms with E-state index in [0.717, 1.165) is 22.3 Å². The molecule has 1 fully saturated rings. The first-order valence-electron chi connectivity index (χ1n) is 6.69. The molecule has 2 unspecified atom stereocenters. The van der Waals surface area contributed by atoms with Gasteiger partial charge in [0.05, 0.1) is 6.10 Å². The van der Waals surface area contributed by atoms with E-state index < -0.39 is 0 Å². The number of pyridine rings is 1. The van der Waals surface area contributed by atoms with E-state index in [2.05, 4.69) is 11.1 Å². The van der Waals surface area contributed by atoms with E-state index in [9.17, 15) is 5.11 Å². The number of para-hydroxylation sites is 1. The Morgan fingerprint density at radius 1 is 1.26 bits per heavy atom. The highest BCUT2D eigenvalue weighted by Crippen LogP contribution is 2.43. The van der Waals surface area contributed by atoms with Gasteiger partial charge in [0.25, 0.3) is 0 Å². The van der Waals surface area contributed by atoms with E-state index in [1.807, 2.05) is 45.0 Å². The minimum atomic E-state index is -0.276. The summed E-state index contributed by atoms with van der Waals surface area (Å²) >= 11 is 0. The molecule has 3 nitrogen and oxygen atoms in total. The van der Waals surface area contributed by atoms with Gasteiger partial charge < -0.3 is 9.84 Å². The second kappa shape index (κ2) is 4.20. The Hall–Kier alpha value is -1.61. The highest BCUT2D eigenvalue weighted by Gasteiger charge is 2.49. The Bertz CT molecular complexity index is 621. The van der Waals surface area contributed by atoms with Gasteiger partial charge in [0.15, 0.2) is 0 Å². The maximum absolute atomic E-state index is 9.79. The summed E-state index contributed by atoms with van der Waals surface area (Å²) in [5.74, 6) is 0.811. The number of ether oxygens (including phenoxy) is 1. The molecule has 1 saturated carbocycles. The number of benzene rings is 1. The van der Waals surface area contributed by atoms with E-state index in [0.29, 0.717) is 6.42 Å². The zero-order valence-electron chi connectivity index (χ0n) is 11.6. The van der Waals surface area contributed by atoms with Gasteiger partial charge in [-0.05, 0) is 19.1 Å². The number of aliphatic hydroxyl groups excluding tert-OH is 1. The van der Waals surface area contributed by atoms with Crippen LogP contribution < -0.4 is 4.74 Å². The first-order chi connectivity index (χ1) is 8.98. The van der Waals surface area contributed by atoms with Crippen molar-refractivity contribution in [2.75, 3.05) is 0 Å². The number of aromatic nitrogens is 1. The van der Waals surface area contributed by atoms with Crippen LogP contribution in [0.3, 0.4) is 0 Å². The number of aryl methyl sites for hydroxylation is 1. The lowest BCUT2D eigenvalue weighted by Crippen LogP contribution is -2.56. The largest absolute Gasteiger partial charge is 0.487 e. The van der Waals surface area contributed by atoms with Gasteiger partial charge in [-0.3, -0.25) is 0 Å². The second-order valence-electron chi connectivity index (χ2n) is 5.96. The van der Waals surface area contributed by atoms with Crippen LogP contribution in [0.4, 0.5) is 0 Å². The molecular weight excluding hydrogens is 238 g/mol. The fraction of sp³-hybridized carbons (Fsp3) is 0.438. The highest BCUT2D eigenvalue weighted by molar-refractivity contribution is 5.84. The Morgan fingerprint density at radius 3 is 2.74 bits per heavy atom. The zero-order chi connectivity index (χ0) is 13.6. The smallest absolute Gasteiger partial charge is 0.145 e. The Balaban J connectivity index is 1.95. The van der Waals surface area contributed by atoms with Crippen molar-refractivity contribution in [2.45, 2.75) is 39.4 Å². The van der Waals surface area contributed by atoms with Gasteiger partial charge in [-0.2, -0.15) is 0 Å². The van der Waals surface area contributed by atoms with Crippen molar-refractivity contribution in [1.82, 2.24) is 4.98 Å². The summed E-state index contributed by atoms with van der Waals surface area (Å²) in [6, 6.07) is 10.0. The topological polar surface area (TPSA) is 42.4 Å². The third-order valence-electron chi connectivity index (χ3n) is 4.22. The molecule has 2 atom stereocenters. The quantitative estimate of drug-likeness (QED) is 0.899. The van der Waals surface area contributed by atoms with Crippen molar-refractivity contribution < 1.29 is 9.84 Å². The van der Waals surface area contributed by atoms with Crippen LogP contribution in [-0.2, 0) is 0 Å². The molecule has 1 aliphatic rings. The Labute approximate surface area is 113 Å². The first kappa shape index (κ1) is 12.4. The van der Waals surface area contributed by atoms with Crippen molar-refractivity contribution in [3.05, 3.63) is 36.0 Å². The van der Waals surface area contributed by atoms with E-state index in [-0.39, 0.29) is 17.6 Å².